The molecule has 1 saturated carbocycles. The third-order valence-corrected chi connectivity index (χ3v) is 5.86. The van der Waals surface area contributed by atoms with E-state index >= 15 is 0 Å². The van der Waals surface area contributed by atoms with Crippen LogP contribution in [0.3, 0.4) is 0 Å². The summed E-state index contributed by atoms with van der Waals surface area (Å²) in [5, 5.41) is 6.01. The first kappa shape index (κ1) is 15.2. The van der Waals surface area contributed by atoms with Crippen molar-refractivity contribution in [2.75, 3.05) is 0 Å². The molecule has 4 rings (SSSR count). The highest BCUT2D eigenvalue weighted by atomic mass is 16.7. The van der Waals surface area contributed by atoms with Crippen LogP contribution in [0.5, 0.6) is 0 Å². The standard InChI is InChI=1S/C18H25BN2O2/c1-12-15-10-9-13(19-22-17(2,3)18(4,5)23-19)11-16(15)21(20-12)14-7-6-8-14/h9-11,14H,6-8H2,1-5H3. The Kier molecular flexibility index (Phi) is 3.20. The summed E-state index contributed by atoms with van der Waals surface area (Å²) < 4.78 is 14.6. The molecule has 1 aliphatic carbocycles. The van der Waals surface area contributed by atoms with E-state index in [4.69, 9.17) is 14.4 Å². The summed E-state index contributed by atoms with van der Waals surface area (Å²) in [7, 11) is -0.311. The van der Waals surface area contributed by atoms with Gasteiger partial charge in [0.2, 0.25) is 0 Å². The monoisotopic (exact) mass is 312 g/mol. The van der Waals surface area contributed by atoms with Gasteiger partial charge in [0.15, 0.2) is 0 Å². The zero-order valence-electron chi connectivity index (χ0n) is 14.7. The van der Waals surface area contributed by atoms with Crippen LogP contribution < -0.4 is 5.46 Å². The van der Waals surface area contributed by atoms with E-state index in [0.717, 1.165) is 11.2 Å². The summed E-state index contributed by atoms with van der Waals surface area (Å²) in [6, 6.07) is 7.03. The van der Waals surface area contributed by atoms with Crippen molar-refractivity contribution in [3.05, 3.63) is 23.9 Å². The molecule has 0 radical (unpaired) electrons. The first-order chi connectivity index (χ1) is 10.8. The summed E-state index contributed by atoms with van der Waals surface area (Å²) in [6.07, 6.45) is 3.77. The molecule has 0 atom stereocenters. The lowest BCUT2D eigenvalue weighted by atomic mass is 9.78. The first-order valence-corrected chi connectivity index (χ1v) is 8.63. The van der Waals surface area contributed by atoms with E-state index < -0.39 is 0 Å². The van der Waals surface area contributed by atoms with Gasteiger partial charge in [-0.3, -0.25) is 4.68 Å². The molecule has 0 spiro atoms. The highest BCUT2D eigenvalue weighted by Crippen LogP contribution is 2.37. The Morgan fingerprint density at radius 3 is 2.35 bits per heavy atom. The lowest BCUT2D eigenvalue weighted by Gasteiger charge is -2.32. The van der Waals surface area contributed by atoms with Crippen LogP contribution in [-0.4, -0.2) is 28.1 Å². The predicted molar refractivity (Wildman–Crippen MR) is 93.1 cm³/mol. The predicted octanol–water partition coefficient (Wildman–Crippen LogP) is 3.37. The topological polar surface area (TPSA) is 36.3 Å². The molecule has 122 valence electrons. The Morgan fingerprint density at radius 2 is 1.78 bits per heavy atom. The number of rotatable bonds is 2. The molecular formula is C18H25BN2O2. The molecule has 1 aliphatic heterocycles. The van der Waals surface area contributed by atoms with Gasteiger partial charge in [-0.25, -0.2) is 0 Å². The molecule has 1 aromatic carbocycles. The molecule has 0 bridgehead atoms. The van der Waals surface area contributed by atoms with Gasteiger partial charge in [0.05, 0.1) is 28.5 Å². The van der Waals surface area contributed by atoms with Crippen LogP contribution >= 0.6 is 0 Å². The van der Waals surface area contributed by atoms with Crippen LogP contribution in [0.2, 0.25) is 0 Å². The van der Waals surface area contributed by atoms with Crippen LogP contribution in [0.25, 0.3) is 10.9 Å². The summed E-state index contributed by atoms with van der Waals surface area (Å²) in [4.78, 5) is 0. The van der Waals surface area contributed by atoms with Gasteiger partial charge in [-0.05, 0) is 65.4 Å². The third kappa shape index (κ3) is 2.24. The van der Waals surface area contributed by atoms with Crippen molar-refractivity contribution >= 4 is 23.5 Å². The van der Waals surface area contributed by atoms with E-state index in [9.17, 15) is 0 Å². The van der Waals surface area contributed by atoms with Gasteiger partial charge in [-0.1, -0.05) is 12.1 Å². The first-order valence-electron chi connectivity index (χ1n) is 8.63. The number of nitrogens with zero attached hydrogens (tertiary/aromatic N) is 2. The van der Waals surface area contributed by atoms with Crippen molar-refractivity contribution in [3.8, 4) is 0 Å². The second kappa shape index (κ2) is 4.84. The van der Waals surface area contributed by atoms with E-state index in [-0.39, 0.29) is 18.3 Å². The van der Waals surface area contributed by atoms with Crippen LogP contribution in [-0.2, 0) is 9.31 Å². The number of hydrogen-bond acceptors (Lipinski definition) is 3. The molecule has 2 aliphatic rings. The van der Waals surface area contributed by atoms with Gasteiger partial charge in [-0.2, -0.15) is 5.10 Å². The van der Waals surface area contributed by atoms with E-state index in [1.807, 2.05) is 0 Å². The van der Waals surface area contributed by atoms with Gasteiger partial charge in [0.1, 0.15) is 0 Å². The zero-order chi connectivity index (χ0) is 16.4. The van der Waals surface area contributed by atoms with Gasteiger partial charge in [-0.15, -0.1) is 0 Å². The number of aryl methyl sites for hydroxylation is 1. The minimum absolute atomic E-state index is 0.309. The SMILES string of the molecule is Cc1nn(C2CCC2)c2cc(B3OC(C)(C)C(C)(C)O3)ccc12. The number of aromatic nitrogens is 2. The van der Waals surface area contributed by atoms with Crippen LogP contribution in [0.15, 0.2) is 18.2 Å². The largest absolute Gasteiger partial charge is 0.494 e. The Balaban J connectivity index is 1.75. The Labute approximate surface area is 138 Å². The lowest BCUT2D eigenvalue weighted by Crippen LogP contribution is -2.41. The average molecular weight is 312 g/mol. The minimum Gasteiger partial charge on any atom is -0.399 e. The maximum atomic E-state index is 6.19. The normalized spacial score (nSPS) is 23.4. The Bertz CT molecular complexity index is 746. The molecule has 0 unspecified atom stereocenters. The summed E-state index contributed by atoms with van der Waals surface area (Å²) >= 11 is 0. The van der Waals surface area contributed by atoms with E-state index in [2.05, 4.69) is 57.5 Å². The maximum absolute atomic E-state index is 6.19. The Morgan fingerprint density at radius 1 is 1.13 bits per heavy atom. The molecule has 0 N–H and O–H groups in total. The lowest BCUT2D eigenvalue weighted by molar-refractivity contribution is 0.00578. The summed E-state index contributed by atoms with van der Waals surface area (Å²) in [5.41, 5.74) is 2.77. The molecule has 4 nitrogen and oxygen atoms in total. The molecule has 1 aromatic heterocycles. The second-order valence-electron chi connectivity index (χ2n) is 7.98. The second-order valence-corrected chi connectivity index (χ2v) is 7.98. The molecule has 2 aromatic rings. The van der Waals surface area contributed by atoms with Crippen molar-refractivity contribution in [1.29, 1.82) is 0 Å². The maximum Gasteiger partial charge on any atom is 0.494 e. The fourth-order valence-electron chi connectivity index (χ4n) is 3.35. The van der Waals surface area contributed by atoms with Crippen molar-refractivity contribution in [3.63, 3.8) is 0 Å². The summed E-state index contributed by atoms with van der Waals surface area (Å²) in [6.45, 7) is 10.5. The van der Waals surface area contributed by atoms with Gasteiger partial charge in [0.25, 0.3) is 0 Å². The van der Waals surface area contributed by atoms with Crippen molar-refractivity contribution in [2.45, 2.75) is 71.1 Å². The van der Waals surface area contributed by atoms with Crippen LogP contribution in [0.1, 0.15) is 58.7 Å². The van der Waals surface area contributed by atoms with Crippen LogP contribution in [0.4, 0.5) is 0 Å². The molecule has 0 amide bonds. The molecule has 5 heteroatoms. The third-order valence-electron chi connectivity index (χ3n) is 5.86. The van der Waals surface area contributed by atoms with E-state index in [1.54, 1.807) is 0 Å². The van der Waals surface area contributed by atoms with Crippen molar-refractivity contribution in [1.82, 2.24) is 9.78 Å². The van der Waals surface area contributed by atoms with Gasteiger partial charge < -0.3 is 9.31 Å². The van der Waals surface area contributed by atoms with E-state index in [0.29, 0.717) is 6.04 Å². The highest BCUT2D eigenvalue weighted by Gasteiger charge is 2.51. The molecular weight excluding hydrogens is 287 g/mol. The average Bonchev–Trinajstić information content (AvgIpc) is 2.83. The van der Waals surface area contributed by atoms with Gasteiger partial charge in [0, 0.05) is 5.39 Å². The fourth-order valence-corrected chi connectivity index (χ4v) is 3.35. The number of benzene rings is 1. The molecule has 1 saturated heterocycles. The zero-order valence-corrected chi connectivity index (χ0v) is 14.7. The van der Waals surface area contributed by atoms with Crippen molar-refractivity contribution in [2.24, 2.45) is 0 Å². The number of hydrogen-bond donors (Lipinski definition) is 0. The number of fused-ring (bicyclic) bond motifs is 1. The molecule has 2 fully saturated rings. The summed E-state index contributed by atoms with van der Waals surface area (Å²) in [5.74, 6) is 0. The van der Waals surface area contributed by atoms with E-state index in [1.165, 1.54) is 30.2 Å². The van der Waals surface area contributed by atoms with Crippen LogP contribution in [0, 0.1) is 6.92 Å². The molecule has 2 heterocycles. The molecule has 23 heavy (non-hydrogen) atoms. The fraction of sp³-hybridized carbons (Fsp3) is 0.611. The van der Waals surface area contributed by atoms with Gasteiger partial charge >= 0.3 is 7.12 Å². The Hall–Kier alpha value is -1.33. The van der Waals surface area contributed by atoms with Crippen molar-refractivity contribution < 1.29 is 9.31 Å². The quantitative estimate of drug-likeness (QED) is 0.798. The smallest absolute Gasteiger partial charge is 0.399 e. The highest BCUT2D eigenvalue weighted by molar-refractivity contribution is 6.62. The minimum atomic E-state index is -0.311.